The van der Waals surface area contributed by atoms with Crippen molar-refractivity contribution >= 4 is 11.6 Å². The molecule has 0 aliphatic rings. The van der Waals surface area contributed by atoms with Crippen LogP contribution in [-0.4, -0.2) is 11.7 Å². The third-order valence-electron chi connectivity index (χ3n) is 2.63. The second-order valence-electron chi connectivity index (χ2n) is 4.05. The number of rotatable bonds is 4. The molecule has 0 saturated carbocycles. The molecule has 0 amide bonds. The van der Waals surface area contributed by atoms with E-state index in [1.165, 1.54) is 6.07 Å². The summed E-state index contributed by atoms with van der Waals surface area (Å²) in [6, 6.07) is 8.11. The van der Waals surface area contributed by atoms with Crippen LogP contribution in [0.5, 0.6) is 5.75 Å². The molecular weight excluding hydrogens is 293 g/mol. The molecule has 2 nitrogen and oxygen atoms in total. The van der Waals surface area contributed by atoms with Gasteiger partial charge in [-0.2, -0.15) is 0 Å². The average Bonchev–Trinajstić information content (AvgIpc) is 2.42. The molecule has 0 aliphatic carbocycles. The fraction of sp³-hybridized carbons (Fsp3) is 0.143. The standard InChI is InChI=1S/C14H10ClF3O2/c15-8-2-1-3-9(6-8)20-7-12(19)10-4-5-11(16)14(18)13(10)17/h1-6,12,19H,7H2. The van der Waals surface area contributed by atoms with E-state index in [1.807, 2.05) is 0 Å². The summed E-state index contributed by atoms with van der Waals surface area (Å²) in [5.41, 5.74) is -0.370. The summed E-state index contributed by atoms with van der Waals surface area (Å²) in [6.07, 6.45) is -1.43. The van der Waals surface area contributed by atoms with Crippen LogP contribution in [0.1, 0.15) is 11.7 Å². The van der Waals surface area contributed by atoms with Gasteiger partial charge in [-0.3, -0.25) is 0 Å². The fourth-order valence-electron chi connectivity index (χ4n) is 1.62. The van der Waals surface area contributed by atoms with Gasteiger partial charge >= 0.3 is 0 Å². The van der Waals surface area contributed by atoms with Gasteiger partial charge in [0.2, 0.25) is 0 Å². The maximum absolute atomic E-state index is 13.5. The maximum atomic E-state index is 13.5. The fourth-order valence-corrected chi connectivity index (χ4v) is 1.80. The van der Waals surface area contributed by atoms with E-state index in [1.54, 1.807) is 18.2 Å². The van der Waals surface area contributed by atoms with Crippen LogP contribution in [0.15, 0.2) is 36.4 Å². The molecule has 2 rings (SSSR count). The molecule has 0 saturated heterocycles. The molecule has 1 unspecified atom stereocenters. The van der Waals surface area contributed by atoms with E-state index in [0.717, 1.165) is 12.1 Å². The molecule has 0 bridgehead atoms. The first-order chi connectivity index (χ1) is 9.49. The quantitative estimate of drug-likeness (QED) is 0.869. The lowest BCUT2D eigenvalue weighted by atomic mass is 10.1. The Morgan fingerprint density at radius 3 is 2.55 bits per heavy atom. The van der Waals surface area contributed by atoms with E-state index in [9.17, 15) is 18.3 Å². The monoisotopic (exact) mass is 302 g/mol. The lowest BCUT2D eigenvalue weighted by Gasteiger charge is -2.14. The molecule has 0 aromatic heterocycles. The second kappa shape index (κ2) is 6.15. The Bertz CT molecular complexity index is 619. The van der Waals surface area contributed by atoms with Crippen molar-refractivity contribution in [3.8, 4) is 5.75 Å². The highest BCUT2D eigenvalue weighted by molar-refractivity contribution is 6.30. The van der Waals surface area contributed by atoms with Gasteiger partial charge in [-0.1, -0.05) is 23.7 Å². The van der Waals surface area contributed by atoms with Crippen molar-refractivity contribution in [3.63, 3.8) is 0 Å². The van der Waals surface area contributed by atoms with Crippen LogP contribution >= 0.6 is 11.6 Å². The molecule has 0 fully saturated rings. The average molecular weight is 303 g/mol. The predicted octanol–water partition coefficient (Wildman–Crippen LogP) is 3.87. The van der Waals surface area contributed by atoms with Crippen LogP contribution in [0.25, 0.3) is 0 Å². The van der Waals surface area contributed by atoms with Gasteiger partial charge < -0.3 is 9.84 Å². The first-order valence-corrected chi connectivity index (χ1v) is 6.06. The Morgan fingerprint density at radius 2 is 1.85 bits per heavy atom. The van der Waals surface area contributed by atoms with Crippen LogP contribution in [0, 0.1) is 17.5 Å². The van der Waals surface area contributed by atoms with Crippen molar-refractivity contribution in [2.24, 2.45) is 0 Å². The molecule has 0 aliphatic heterocycles. The van der Waals surface area contributed by atoms with E-state index in [4.69, 9.17) is 16.3 Å². The zero-order valence-corrected chi connectivity index (χ0v) is 10.9. The van der Waals surface area contributed by atoms with Gasteiger partial charge in [0.05, 0.1) is 0 Å². The van der Waals surface area contributed by atoms with E-state index in [-0.39, 0.29) is 12.2 Å². The Kier molecular flexibility index (Phi) is 4.52. The number of aliphatic hydroxyl groups excluding tert-OH is 1. The molecule has 1 N–H and O–H groups in total. The van der Waals surface area contributed by atoms with Crippen molar-refractivity contribution in [1.29, 1.82) is 0 Å². The number of ether oxygens (including phenoxy) is 1. The van der Waals surface area contributed by atoms with Gasteiger partial charge in [-0.15, -0.1) is 0 Å². The SMILES string of the molecule is OC(COc1cccc(Cl)c1)c1ccc(F)c(F)c1F. The summed E-state index contributed by atoms with van der Waals surface area (Å²) < 4.78 is 44.5. The molecule has 20 heavy (non-hydrogen) atoms. The molecule has 6 heteroatoms. The van der Waals surface area contributed by atoms with Gasteiger partial charge in [-0.25, -0.2) is 13.2 Å². The van der Waals surface area contributed by atoms with Crippen LogP contribution in [-0.2, 0) is 0 Å². The molecule has 2 aromatic rings. The first kappa shape index (κ1) is 14.7. The summed E-state index contributed by atoms with van der Waals surface area (Å²) in [5.74, 6) is -3.98. The van der Waals surface area contributed by atoms with Crippen LogP contribution in [0.4, 0.5) is 13.2 Å². The Hall–Kier alpha value is -1.72. The third kappa shape index (κ3) is 3.23. The van der Waals surface area contributed by atoms with Gasteiger partial charge in [0, 0.05) is 10.6 Å². The van der Waals surface area contributed by atoms with Crippen LogP contribution in [0.3, 0.4) is 0 Å². The van der Waals surface area contributed by atoms with Crippen molar-refractivity contribution in [1.82, 2.24) is 0 Å². The highest BCUT2D eigenvalue weighted by Gasteiger charge is 2.19. The van der Waals surface area contributed by atoms with Crippen LogP contribution < -0.4 is 4.74 Å². The molecule has 0 spiro atoms. The van der Waals surface area contributed by atoms with E-state index < -0.39 is 23.6 Å². The van der Waals surface area contributed by atoms with E-state index in [0.29, 0.717) is 10.8 Å². The Morgan fingerprint density at radius 1 is 1.10 bits per heavy atom. The minimum atomic E-state index is -1.62. The topological polar surface area (TPSA) is 29.5 Å². The summed E-state index contributed by atoms with van der Waals surface area (Å²) in [7, 11) is 0. The smallest absolute Gasteiger partial charge is 0.194 e. The lowest BCUT2D eigenvalue weighted by Crippen LogP contribution is -2.12. The zero-order chi connectivity index (χ0) is 14.7. The number of halogens is 4. The number of hydrogen-bond donors (Lipinski definition) is 1. The van der Waals surface area contributed by atoms with Gasteiger partial charge in [-0.05, 0) is 24.3 Å². The zero-order valence-electron chi connectivity index (χ0n) is 10.1. The first-order valence-electron chi connectivity index (χ1n) is 5.69. The Balaban J connectivity index is 2.09. The predicted molar refractivity (Wildman–Crippen MR) is 68.2 cm³/mol. The van der Waals surface area contributed by atoms with Crippen molar-refractivity contribution in [2.45, 2.75) is 6.10 Å². The summed E-state index contributed by atoms with van der Waals surface area (Å²) in [5, 5.41) is 10.2. The molecule has 2 aromatic carbocycles. The minimum Gasteiger partial charge on any atom is -0.490 e. The lowest BCUT2D eigenvalue weighted by molar-refractivity contribution is 0.104. The minimum absolute atomic E-state index is 0.317. The number of aliphatic hydroxyl groups is 1. The van der Waals surface area contributed by atoms with E-state index >= 15 is 0 Å². The highest BCUT2D eigenvalue weighted by atomic mass is 35.5. The van der Waals surface area contributed by atoms with Gasteiger partial charge in [0.1, 0.15) is 18.5 Å². The van der Waals surface area contributed by atoms with Gasteiger partial charge in [0.15, 0.2) is 17.5 Å². The molecule has 1 atom stereocenters. The molecule has 106 valence electrons. The Labute approximate surface area is 118 Å². The molecule has 0 radical (unpaired) electrons. The van der Waals surface area contributed by atoms with Crippen molar-refractivity contribution < 1.29 is 23.0 Å². The second-order valence-corrected chi connectivity index (χ2v) is 4.49. The van der Waals surface area contributed by atoms with Crippen LogP contribution in [0.2, 0.25) is 5.02 Å². The van der Waals surface area contributed by atoms with E-state index in [2.05, 4.69) is 0 Å². The normalized spacial score (nSPS) is 12.2. The molecule has 0 heterocycles. The summed E-state index contributed by atoms with van der Waals surface area (Å²) >= 11 is 5.75. The summed E-state index contributed by atoms with van der Waals surface area (Å²) in [4.78, 5) is 0. The molecular formula is C14H10ClF3O2. The number of hydrogen-bond acceptors (Lipinski definition) is 2. The van der Waals surface area contributed by atoms with Gasteiger partial charge in [0.25, 0.3) is 0 Å². The maximum Gasteiger partial charge on any atom is 0.194 e. The summed E-state index contributed by atoms with van der Waals surface area (Å²) in [6.45, 7) is -0.317. The largest absolute Gasteiger partial charge is 0.490 e. The third-order valence-corrected chi connectivity index (χ3v) is 2.86. The highest BCUT2D eigenvalue weighted by Crippen LogP contribution is 2.23. The van der Waals surface area contributed by atoms with Crippen molar-refractivity contribution in [2.75, 3.05) is 6.61 Å². The number of benzene rings is 2. The van der Waals surface area contributed by atoms with Crippen molar-refractivity contribution in [3.05, 3.63) is 64.4 Å².